The second-order valence-corrected chi connectivity index (χ2v) is 7.49. The summed E-state index contributed by atoms with van der Waals surface area (Å²) in [6, 6.07) is 18.1. The first-order valence-corrected chi connectivity index (χ1v) is 10.1. The Labute approximate surface area is 171 Å². The first-order chi connectivity index (χ1) is 14.1. The summed E-state index contributed by atoms with van der Waals surface area (Å²) in [4.78, 5) is 4.62. The number of aryl methyl sites for hydroxylation is 1. The summed E-state index contributed by atoms with van der Waals surface area (Å²) in [5, 5.41) is 0. The molecule has 1 aromatic heterocycles. The van der Waals surface area contributed by atoms with E-state index in [0.717, 1.165) is 48.8 Å². The van der Waals surface area contributed by atoms with Crippen LogP contribution in [0.15, 0.2) is 59.0 Å². The van der Waals surface area contributed by atoms with Crippen LogP contribution in [-0.2, 0) is 22.3 Å². The van der Waals surface area contributed by atoms with Crippen molar-refractivity contribution in [2.24, 2.45) is 0 Å². The molecule has 0 unspecified atom stereocenters. The molecule has 0 spiro atoms. The molecule has 5 nitrogen and oxygen atoms in total. The number of nitrogens with zero attached hydrogens (tertiary/aromatic N) is 1. The monoisotopic (exact) mass is 393 g/mol. The molecule has 0 amide bonds. The van der Waals surface area contributed by atoms with Crippen LogP contribution in [0.25, 0.3) is 11.5 Å². The average molecular weight is 393 g/mol. The summed E-state index contributed by atoms with van der Waals surface area (Å²) in [6.45, 7) is 6.00. The lowest BCUT2D eigenvalue weighted by Gasteiger charge is -2.34. The first-order valence-electron chi connectivity index (χ1n) is 10.1. The van der Waals surface area contributed by atoms with Crippen LogP contribution in [0.1, 0.15) is 30.4 Å². The highest BCUT2D eigenvalue weighted by atomic mass is 16.7. The van der Waals surface area contributed by atoms with E-state index >= 15 is 0 Å². The van der Waals surface area contributed by atoms with Crippen LogP contribution in [0.5, 0.6) is 5.75 Å². The van der Waals surface area contributed by atoms with Gasteiger partial charge in [0.25, 0.3) is 0 Å². The third-order valence-corrected chi connectivity index (χ3v) is 5.07. The van der Waals surface area contributed by atoms with Crippen molar-refractivity contribution >= 4 is 0 Å². The van der Waals surface area contributed by atoms with Gasteiger partial charge in [0.1, 0.15) is 11.5 Å². The number of benzene rings is 2. The molecule has 152 valence electrons. The van der Waals surface area contributed by atoms with Crippen LogP contribution < -0.4 is 4.74 Å². The minimum absolute atomic E-state index is 0.526. The van der Waals surface area contributed by atoms with E-state index in [1.807, 2.05) is 56.3 Å². The van der Waals surface area contributed by atoms with E-state index in [-0.39, 0.29) is 0 Å². The van der Waals surface area contributed by atoms with Crippen molar-refractivity contribution < 1.29 is 18.6 Å². The maximum absolute atomic E-state index is 5.91. The highest BCUT2D eigenvalue weighted by Crippen LogP contribution is 2.25. The predicted octanol–water partition coefficient (Wildman–Crippen LogP) is 4.97. The summed E-state index contributed by atoms with van der Waals surface area (Å²) in [6.07, 6.45) is 2.39. The molecule has 2 aromatic carbocycles. The van der Waals surface area contributed by atoms with Gasteiger partial charge in [0.05, 0.1) is 25.5 Å². The number of aromatic nitrogens is 1. The predicted molar refractivity (Wildman–Crippen MR) is 111 cm³/mol. The number of oxazole rings is 1. The molecule has 5 heteroatoms. The molecule has 1 aliphatic heterocycles. The molecular formula is C24H27NO4. The van der Waals surface area contributed by atoms with Gasteiger partial charge in [-0.2, -0.15) is 0 Å². The Bertz CT molecular complexity index is 912. The molecule has 29 heavy (non-hydrogen) atoms. The molecule has 1 fully saturated rings. The van der Waals surface area contributed by atoms with Crippen LogP contribution in [0.4, 0.5) is 0 Å². The minimum Gasteiger partial charge on any atom is -0.493 e. The lowest BCUT2D eigenvalue weighted by Crippen LogP contribution is -2.39. The molecule has 0 aliphatic carbocycles. The zero-order valence-corrected chi connectivity index (χ0v) is 17.0. The molecule has 3 aromatic rings. The molecule has 1 aliphatic rings. The molecule has 1 saturated heterocycles. The van der Waals surface area contributed by atoms with Crippen molar-refractivity contribution in [2.75, 3.05) is 19.8 Å². The van der Waals surface area contributed by atoms with Gasteiger partial charge >= 0.3 is 0 Å². The normalized spacial score (nSPS) is 15.9. The van der Waals surface area contributed by atoms with Gasteiger partial charge < -0.3 is 18.6 Å². The Morgan fingerprint density at radius 3 is 2.45 bits per heavy atom. The standard InChI is InChI=1S/C24H27NO4/c1-18-22(25-23(29-18)20-7-4-3-5-8-20)13-16-26-21-11-9-19(10-12-21)17-24(2)27-14-6-15-28-24/h3-5,7-12H,6,13-17H2,1-2H3. The van der Waals surface area contributed by atoms with E-state index in [1.165, 1.54) is 5.56 Å². The number of ether oxygens (including phenoxy) is 3. The van der Waals surface area contributed by atoms with E-state index in [4.69, 9.17) is 18.6 Å². The summed E-state index contributed by atoms with van der Waals surface area (Å²) >= 11 is 0. The second kappa shape index (κ2) is 8.80. The molecule has 4 rings (SSSR count). The number of hydrogen-bond acceptors (Lipinski definition) is 5. The fraction of sp³-hybridized carbons (Fsp3) is 0.375. The van der Waals surface area contributed by atoms with Crippen LogP contribution in [0.3, 0.4) is 0 Å². The minimum atomic E-state index is -0.526. The second-order valence-electron chi connectivity index (χ2n) is 7.49. The Morgan fingerprint density at radius 1 is 1.00 bits per heavy atom. The molecule has 2 heterocycles. The quantitative estimate of drug-likeness (QED) is 0.567. The van der Waals surface area contributed by atoms with Crippen molar-refractivity contribution in [3.63, 3.8) is 0 Å². The SMILES string of the molecule is Cc1oc(-c2ccccc2)nc1CCOc1ccc(CC2(C)OCCCO2)cc1. The topological polar surface area (TPSA) is 53.7 Å². The molecule has 0 radical (unpaired) electrons. The molecular weight excluding hydrogens is 366 g/mol. The lowest BCUT2D eigenvalue weighted by molar-refractivity contribution is -0.254. The van der Waals surface area contributed by atoms with Crippen molar-refractivity contribution in [3.8, 4) is 17.2 Å². The Hall–Kier alpha value is -2.63. The van der Waals surface area contributed by atoms with E-state index in [1.54, 1.807) is 0 Å². The Balaban J connectivity index is 1.30. The zero-order valence-electron chi connectivity index (χ0n) is 17.0. The summed E-state index contributed by atoms with van der Waals surface area (Å²) in [5.41, 5.74) is 3.08. The van der Waals surface area contributed by atoms with Crippen molar-refractivity contribution in [2.45, 2.75) is 38.9 Å². The lowest BCUT2D eigenvalue weighted by atomic mass is 10.1. The van der Waals surface area contributed by atoms with Gasteiger partial charge in [-0.05, 0) is 50.1 Å². The fourth-order valence-corrected chi connectivity index (χ4v) is 3.48. The van der Waals surface area contributed by atoms with E-state index < -0.39 is 5.79 Å². The summed E-state index contributed by atoms with van der Waals surface area (Å²) < 4.78 is 23.3. The fourth-order valence-electron chi connectivity index (χ4n) is 3.48. The molecule has 0 bridgehead atoms. The Kier molecular flexibility index (Phi) is 5.97. The van der Waals surface area contributed by atoms with Gasteiger partial charge in [-0.1, -0.05) is 30.3 Å². The first kappa shape index (κ1) is 19.7. The maximum Gasteiger partial charge on any atom is 0.226 e. The van der Waals surface area contributed by atoms with Crippen LogP contribution in [0.2, 0.25) is 0 Å². The van der Waals surface area contributed by atoms with Crippen LogP contribution in [-0.4, -0.2) is 30.6 Å². The van der Waals surface area contributed by atoms with Gasteiger partial charge in [-0.3, -0.25) is 0 Å². The van der Waals surface area contributed by atoms with Crippen LogP contribution in [0, 0.1) is 6.92 Å². The van der Waals surface area contributed by atoms with Gasteiger partial charge in [0.2, 0.25) is 5.89 Å². The average Bonchev–Trinajstić information content (AvgIpc) is 3.11. The van der Waals surface area contributed by atoms with E-state index in [2.05, 4.69) is 17.1 Å². The number of hydrogen-bond donors (Lipinski definition) is 0. The van der Waals surface area contributed by atoms with Gasteiger partial charge in [-0.25, -0.2) is 4.98 Å². The molecule has 0 N–H and O–H groups in total. The van der Waals surface area contributed by atoms with E-state index in [9.17, 15) is 0 Å². The van der Waals surface area contributed by atoms with E-state index in [0.29, 0.717) is 18.9 Å². The highest BCUT2D eigenvalue weighted by molar-refractivity contribution is 5.53. The molecule has 0 atom stereocenters. The van der Waals surface area contributed by atoms with Crippen molar-refractivity contribution in [1.29, 1.82) is 0 Å². The van der Waals surface area contributed by atoms with Crippen molar-refractivity contribution in [3.05, 3.63) is 71.6 Å². The summed E-state index contributed by atoms with van der Waals surface area (Å²) in [5.74, 6) is 1.81. The Morgan fingerprint density at radius 2 is 1.72 bits per heavy atom. The number of rotatable bonds is 7. The summed E-state index contributed by atoms with van der Waals surface area (Å²) in [7, 11) is 0. The van der Waals surface area contributed by atoms with Crippen LogP contribution >= 0.6 is 0 Å². The zero-order chi connectivity index (χ0) is 20.1. The largest absolute Gasteiger partial charge is 0.493 e. The van der Waals surface area contributed by atoms with Gasteiger partial charge in [-0.15, -0.1) is 0 Å². The maximum atomic E-state index is 5.91. The highest BCUT2D eigenvalue weighted by Gasteiger charge is 2.29. The van der Waals surface area contributed by atoms with Gasteiger partial charge in [0.15, 0.2) is 5.79 Å². The smallest absolute Gasteiger partial charge is 0.226 e. The third-order valence-electron chi connectivity index (χ3n) is 5.07. The molecule has 0 saturated carbocycles. The van der Waals surface area contributed by atoms with Gasteiger partial charge in [0, 0.05) is 18.4 Å². The third kappa shape index (κ3) is 5.05. The van der Waals surface area contributed by atoms with Crippen molar-refractivity contribution in [1.82, 2.24) is 4.98 Å².